The van der Waals surface area contributed by atoms with Gasteiger partial charge in [-0.25, -0.2) is 0 Å². The molecule has 178 valence electrons. The number of para-hydroxylation sites is 1. The first-order valence-corrected chi connectivity index (χ1v) is 12.0. The van der Waals surface area contributed by atoms with Crippen LogP contribution in [0.4, 0.5) is 0 Å². The predicted molar refractivity (Wildman–Crippen MR) is 127 cm³/mol. The number of amides is 1. The van der Waals surface area contributed by atoms with Gasteiger partial charge in [0.2, 0.25) is 5.91 Å². The van der Waals surface area contributed by atoms with Crippen molar-refractivity contribution in [1.29, 1.82) is 0 Å². The average Bonchev–Trinajstić information content (AvgIpc) is 3.15. The molecule has 1 aliphatic heterocycles. The molecule has 2 aromatic carbocycles. The number of aliphatic carboxylic acids is 1. The molecule has 0 aromatic heterocycles. The van der Waals surface area contributed by atoms with Crippen molar-refractivity contribution < 1.29 is 24.5 Å². The van der Waals surface area contributed by atoms with Crippen LogP contribution in [-0.4, -0.2) is 45.7 Å². The summed E-state index contributed by atoms with van der Waals surface area (Å²) >= 11 is 0. The molecule has 0 unspecified atom stereocenters. The van der Waals surface area contributed by atoms with E-state index in [-0.39, 0.29) is 18.4 Å². The fraction of sp³-hybridized carbons (Fsp3) is 0.481. The third kappa shape index (κ3) is 8.54. The Labute approximate surface area is 196 Å². The summed E-state index contributed by atoms with van der Waals surface area (Å²) in [5, 5.41) is 19.3. The highest BCUT2D eigenvalue weighted by molar-refractivity contribution is 5.78. The molecule has 1 heterocycles. The molecule has 0 bridgehead atoms. The smallest absolute Gasteiger partial charge is 0.303 e. The van der Waals surface area contributed by atoms with Gasteiger partial charge < -0.3 is 19.8 Å². The van der Waals surface area contributed by atoms with Gasteiger partial charge in [-0.3, -0.25) is 9.59 Å². The summed E-state index contributed by atoms with van der Waals surface area (Å²) in [7, 11) is 0. The molecule has 0 aliphatic carbocycles. The summed E-state index contributed by atoms with van der Waals surface area (Å²) in [4.78, 5) is 24.8. The summed E-state index contributed by atoms with van der Waals surface area (Å²) in [6, 6.07) is 17.6. The van der Waals surface area contributed by atoms with Crippen LogP contribution >= 0.6 is 0 Å². The molecule has 2 N–H and O–H groups in total. The first kappa shape index (κ1) is 24.8. The van der Waals surface area contributed by atoms with Gasteiger partial charge in [-0.15, -0.1) is 0 Å². The van der Waals surface area contributed by atoms with E-state index in [9.17, 15) is 14.7 Å². The molecule has 0 radical (unpaired) electrons. The van der Waals surface area contributed by atoms with Crippen LogP contribution in [0.25, 0.3) is 0 Å². The van der Waals surface area contributed by atoms with Gasteiger partial charge in [-0.1, -0.05) is 43.2 Å². The highest BCUT2D eigenvalue weighted by Crippen LogP contribution is 2.26. The number of hydrogen-bond donors (Lipinski definition) is 2. The van der Waals surface area contributed by atoms with Crippen molar-refractivity contribution in [1.82, 2.24) is 4.90 Å². The molecular weight excluding hydrogens is 418 g/mol. The minimum atomic E-state index is -0.751. The van der Waals surface area contributed by atoms with E-state index >= 15 is 0 Å². The lowest BCUT2D eigenvalue weighted by molar-refractivity contribution is -0.137. The number of rotatable bonds is 14. The number of ether oxygens (including phenoxy) is 1. The summed E-state index contributed by atoms with van der Waals surface area (Å²) in [6.45, 7) is 0.728. The van der Waals surface area contributed by atoms with Crippen molar-refractivity contribution in [2.24, 2.45) is 0 Å². The zero-order chi connectivity index (χ0) is 23.5. The first-order valence-electron chi connectivity index (χ1n) is 12.0. The summed E-state index contributed by atoms with van der Waals surface area (Å²) in [6.07, 6.45) is 6.59. The van der Waals surface area contributed by atoms with Crippen molar-refractivity contribution in [3.05, 3.63) is 60.2 Å². The maximum absolute atomic E-state index is 12.3. The quantitative estimate of drug-likeness (QED) is 0.385. The van der Waals surface area contributed by atoms with E-state index in [2.05, 4.69) is 0 Å². The number of aliphatic hydroxyl groups excluding tert-OH is 1. The van der Waals surface area contributed by atoms with Crippen LogP contribution in [0, 0.1) is 0 Å². The highest BCUT2D eigenvalue weighted by Gasteiger charge is 2.30. The third-order valence-corrected chi connectivity index (χ3v) is 6.17. The Balaban J connectivity index is 1.41. The van der Waals surface area contributed by atoms with Crippen LogP contribution < -0.4 is 4.74 Å². The van der Waals surface area contributed by atoms with Crippen LogP contribution in [0.1, 0.15) is 63.4 Å². The van der Waals surface area contributed by atoms with E-state index in [0.29, 0.717) is 25.7 Å². The SMILES string of the molecule is O=C(O)CCCCCCN1C(=O)CC[C@@H]1CC[C@@H](O)Cc1cccc(Oc2ccccc2)c1. The highest BCUT2D eigenvalue weighted by atomic mass is 16.5. The van der Waals surface area contributed by atoms with Gasteiger partial charge in [0.05, 0.1) is 6.10 Å². The van der Waals surface area contributed by atoms with Crippen molar-refractivity contribution in [3.63, 3.8) is 0 Å². The maximum atomic E-state index is 12.3. The van der Waals surface area contributed by atoms with Gasteiger partial charge in [-0.2, -0.15) is 0 Å². The lowest BCUT2D eigenvalue weighted by Gasteiger charge is -2.26. The van der Waals surface area contributed by atoms with Gasteiger partial charge in [0.25, 0.3) is 0 Å². The molecule has 0 saturated carbocycles. The predicted octanol–water partition coefficient (Wildman–Crippen LogP) is 5.19. The Hall–Kier alpha value is -2.86. The number of hydrogen-bond acceptors (Lipinski definition) is 4. The number of carboxylic acid groups (broad SMARTS) is 1. The number of nitrogens with zero attached hydrogens (tertiary/aromatic N) is 1. The van der Waals surface area contributed by atoms with Crippen molar-refractivity contribution >= 4 is 11.9 Å². The zero-order valence-corrected chi connectivity index (χ0v) is 19.2. The van der Waals surface area contributed by atoms with E-state index in [1.807, 2.05) is 59.5 Å². The Kier molecular flexibility index (Phi) is 9.76. The normalized spacial score (nSPS) is 16.7. The number of carbonyl (C=O) groups excluding carboxylic acids is 1. The van der Waals surface area contributed by atoms with Gasteiger partial charge in [0.1, 0.15) is 11.5 Å². The number of benzene rings is 2. The van der Waals surface area contributed by atoms with Gasteiger partial charge in [0.15, 0.2) is 0 Å². The molecule has 2 aromatic rings. The molecule has 6 heteroatoms. The Bertz CT molecular complexity index is 885. The summed E-state index contributed by atoms with van der Waals surface area (Å²) in [5.74, 6) is 0.981. The minimum absolute atomic E-state index is 0.193. The zero-order valence-electron chi connectivity index (χ0n) is 19.2. The fourth-order valence-electron chi connectivity index (χ4n) is 4.43. The minimum Gasteiger partial charge on any atom is -0.481 e. The lowest BCUT2D eigenvalue weighted by Crippen LogP contribution is -2.34. The molecule has 1 saturated heterocycles. The average molecular weight is 454 g/mol. The van der Waals surface area contributed by atoms with E-state index in [0.717, 1.165) is 55.7 Å². The second-order valence-corrected chi connectivity index (χ2v) is 8.84. The second kappa shape index (κ2) is 13.0. The van der Waals surface area contributed by atoms with Crippen LogP contribution in [-0.2, 0) is 16.0 Å². The largest absolute Gasteiger partial charge is 0.481 e. The molecule has 3 rings (SSSR count). The van der Waals surface area contributed by atoms with Crippen molar-refractivity contribution in [2.75, 3.05) is 6.54 Å². The molecule has 1 aliphatic rings. The standard InChI is InChI=1S/C27H35NO5/c29-23(19-21-9-8-12-25(20-21)33-24-10-4-3-5-11-24)16-14-22-15-17-26(30)28(22)18-7-2-1-6-13-27(31)32/h3-5,8-12,20,22-23,29H,1-2,6-7,13-19H2,(H,31,32)/t22-,23+/m0/s1. The molecule has 2 atom stereocenters. The Morgan fingerprint density at radius 2 is 1.79 bits per heavy atom. The molecular formula is C27H35NO5. The van der Waals surface area contributed by atoms with Crippen LogP contribution in [0.2, 0.25) is 0 Å². The van der Waals surface area contributed by atoms with Crippen LogP contribution in [0.5, 0.6) is 11.5 Å². The van der Waals surface area contributed by atoms with E-state index < -0.39 is 12.1 Å². The van der Waals surface area contributed by atoms with Crippen LogP contribution in [0.3, 0.4) is 0 Å². The fourth-order valence-corrected chi connectivity index (χ4v) is 4.43. The number of carbonyl (C=O) groups is 2. The van der Waals surface area contributed by atoms with E-state index in [1.165, 1.54) is 0 Å². The Morgan fingerprint density at radius 3 is 2.58 bits per heavy atom. The molecule has 6 nitrogen and oxygen atoms in total. The number of carboxylic acids is 1. The molecule has 1 amide bonds. The maximum Gasteiger partial charge on any atom is 0.303 e. The molecule has 1 fully saturated rings. The molecule has 33 heavy (non-hydrogen) atoms. The van der Waals surface area contributed by atoms with E-state index in [4.69, 9.17) is 9.84 Å². The topological polar surface area (TPSA) is 87.1 Å². The summed E-state index contributed by atoms with van der Waals surface area (Å²) < 4.78 is 5.89. The summed E-state index contributed by atoms with van der Waals surface area (Å²) in [5.41, 5.74) is 1.02. The molecule has 0 spiro atoms. The van der Waals surface area contributed by atoms with Gasteiger partial charge >= 0.3 is 5.97 Å². The van der Waals surface area contributed by atoms with Crippen LogP contribution in [0.15, 0.2) is 54.6 Å². The second-order valence-electron chi connectivity index (χ2n) is 8.84. The van der Waals surface area contributed by atoms with Crippen molar-refractivity contribution in [3.8, 4) is 11.5 Å². The Morgan fingerprint density at radius 1 is 1.03 bits per heavy atom. The first-order chi connectivity index (χ1) is 16.0. The number of likely N-dealkylation sites (tertiary alicyclic amines) is 1. The lowest BCUT2D eigenvalue weighted by atomic mass is 10.00. The van der Waals surface area contributed by atoms with E-state index in [1.54, 1.807) is 0 Å². The van der Waals surface area contributed by atoms with Crippen molar-refractivity contribution in [2.45, 2.75) is 76.4 Å². The number of aliphatic hydroxyl groups is 1. The van der Waals surface area contributed by atoms with Gasteiger partial charge in [0, 0.05) is 25.4 Å². The monoisotopic (exact) mass is 453 g/mol. The van der Waals surface area contributed by atoms with Gasteiger partial charge in [-0.05, 0) is 68.4 Å². The number of unbranched alkanes of at least 4 members (excludes halogenated alkanes) is 3. The third-order valence-electron chi connectivity index (χ3n) is 6.17.